The molecule has 2 atom stereocenters. The van der Waals surface area contributed by atoms with Crippen LogP contribution in [0.1, 0.15) is 28.4 Å². The van der Waals surface area contributed by atoms with Gasteiger partial charge >= 0.3 is 0 Å². The molecule has 0 saturated carbocycles. The van der Waals surface area contributed by atoms with Crippen LogP contribution in [0.25, 0.3) is 0 Å². The first kappa shape index (κ1) is 2.15. The van der Waals surface area contributed by atoms with Crippen molar-refractivity contribution in [2.24, 2.45) is 0 Å². The molecule has 1 aliphatic carbocycles. The van der Waals surface area contributed by atoms with Crippen LogP contribution >= 0.6 is 0 Å². The Hall–Kier alpha value is -0.260. The van der Waals surface area contributed by atoms with Crippen LogP contribution in [0.2, 0.25) is 0 Å². The van der Waals surface area contributed by atoms with Gasteiger partial charge in [-0.1, -0.05) is 12.2 Å². The van der Waals surface area contributed by atoms with Crippen LogP contribution in [-0.4, -0.2) is 0 Å². The van der Waals surface area contributed by atoms with Gasteiger partial charge in [0.05, 0.1) is 0 Å². The molecule has 0 saturated heterocycles. The normalized spacial score (nSPS) is 50.7. The molecule has 0 bridgehead atoms. The molecule has 0 nitrogen and oxygen atoms in total. The molecule has 0 N–H and O–H groups in total. The van der Waals surface area contributed by atoms with E-state index in [0.29, 0.717) is 0 Å². The Kier molecular flexibility index (Phi) is 0.722. The molecule has 0 spiro atoms. The Morgan fingerprint density at radius 3 is 2.00 bits per heavy atom. The molecule has 0 aromatic heterocycles. The van der Waals surface area contributed by atoms with E-state index in [9.17, 15) is 0 Å². The maximum Gasteiger partial charge on any atom is 0.0270 e. The Morgan fingerprint density at radius 1 is 1.17 bits per heavy atom. The highest BCUT2D eigenvalue weighted by atomic mass is 13.9. The third kappa shape index (κ3) is 0.852. The van der Waals surface area contributed by atoms with Crippen molar-refractivity contribution in [3.8, 4) is 0 Å². The largest absolute Gasteiger partial charge is 0.0885 e. The minimum Gasteiger partial charge on any atom is -0.0885 e. The standard InChI is InChI=1S/C6H10/c1-2-4-6-5-3-1/h1-2H,3-6H2/i5D,6D. The second-order valence-corrected chi connectivity index (χ2v) is 1.41. The van der Waals surface area contributed by atoms with Gasteiger partial charge in [0.2, 0.25) is 0 Å². The molecule has 0 amide bonds. The first-order valence-corrected chi connectivity index (χ1v) is 2.30. The second-order valence-electron chi connectivity index (χ2n) is 1.41. The van der Waals surface area contributed by atoms with Crippen molar-refractivity contribution >= 4 is 0 Å². The molecule has 6 heavy (non-hydrogen) atoms. The predicted molar refractivity (Wildman–Crippen MR) is 27.6 cm³/mol. The molecule has 0 heteroatoms. The Morgan fingerprint density at radius 2 is 1.67 bits per heavy atom. The molecule has 2 unspecified atom stereocenters. The van der Waals surface area contributed by atoms with Crippen LogP contribution in [0.3, 0.4) is 0 Å². The van der Waals surface area contributed by atoms with Crippen molar-refractivity contribution < 1.29 is 2.74 Å². The summed E-state index contributed by atoms with van der Waals surface area (Å²) in [6, 6.07) is 0. The van der Waals surface area contributed by atoms with Gasteiger partial charge in [-0.3, -0.25) is 0 Å². The summed E-state index contributed by atoms with van der Waals surface area (Å²) in [7, 11) is 0. The Bertz CT molecular complexity index is 86.7. The van der Waals surface area contributed by atoms with Crippen LogP contribution < -0.4 is 0 Å². The lowest BCUT2D eigenvalue weighted by atomic mass is 10.1. The number of hydrogen-bond acceptors (Lipinski definition) is 0. The fourth-order valence-corrected chi connectivity index (χ4v) is 0.542. The monoisotopic (exact) mass is 84.1 g/mol. The van der Waals surface area contributed by atoms with Gasteiger partial charge in [-0.2, -0.15) is 0 Å². The zero-order chi connectivity index (χ0) is 5.98. The van der Waals surface area contributed by atoms with E-state index in [4.69, 9.17) is 2.74 Å². The molecule has 0 aliphatic heterocycles. The molecule has 0 aromatic rings. The van der Waals surface area contributed by atoms with E-state index < -0.39 is 0 Å². The maximum atomic E-state index is 7.24. The minimum absolute atomic E-state index is 0.167. The summed E-state index contributed by atoms with van der Waals surface area (Å²) in [6.45, 7) is 0. The van der Waals surface area contributed by atoms with E-state index in [1.807, 2.05) is 12.2 Å². The van der Waals surface area contributed by atoms with E-state index in [0.717, 1.165) is 12.8 Å². The van der Waals surface area contributed by atoms with Crippen LogP contribution in [0.5, 0.6) is 0 Å². The molecule has 0 radical (unpaired) electrons. The summed E-state index contributed by atoms with van der Waals surface area (Å²) >= 11 is 0. The SMILES string of the molecule is [2H]C1CC=CCC1[2H]. The van der Waals surface area contributed by atoms with E-state index >= 15 is 0 Å². The smallest absolute Gasteiger partial charge is 0.0270 e. The van der Waals surface area contributed by atoms with Crippen molar-refractivity contribution in [2.45, 2.75) is 25.6 Å². The third-order valence-corrected chi connectivity index (χ3v) is 0.878. The lowest BCUT2D eigenvalue weighted by Gasteiger charge is -1.97. The molecule has 34 valence electrons. The average molecular weight is 84.2 g/mol. The van der Waals surface area contributed by atoms with Crippen molar-refractivity contribution in [1.29, 1.82) is 0 Å². The van der Waals surface area contributed by atoms with Crippen molar-refractivity contribution in [2.75, 3.05) is 0 Å². The van der Waals surface area contributed by atoms with E-state index in [1.165, 1.54) is 0 Å². The number of hydrogen-bond donors (Lipinski definition) is 0. The number of allylic oxidation sites excluding steroid dienone is 2. The van der Waals surface area contributed by atoms with Gasteiger partial charge in [0.15, 0.2) is 0 Å². The predicted octanol–water partition coefficient (Wildman–Crippen LogP) is 2.12. The summed E-state index contributed by atoms with van der Waals surface area (Å²) in [5.41, 5.74) is 0. The van der Waals surface area contributed by atoms with Gasteiger partial charge in [0.25, 0.3) is 0 Å². The highest BCUT2D eigenvalue weighted by Gasteiger charge is 1.87. The van der Waals surface area contributed by atoms with E-state index in [2.05, 4.69) is 0 Å². The summed E-state index contributed by atoms with van der Waals surface area (Å²) < 4.78 is 14.5. The summed E-state index contributed by atoms with van der Waals surface area (Å²) in [5, 5.41) is 0. The summed E-state index contributed by atoms with van der Waals surface area (Å²) in [4.78, 5) is 0. The van der Waals surface area contributed by atoms with Crippen molar-refractivity contribution in [3.63, 3.8) is 0 Å². The van der Waals surface area contributed by atoms with E-state index in [1.54, 1.807) is 0 Å². The minimum atomic E-state index is -0.167. The topological polar surface area (TPSA) is 0 Å². The molecular weight excluding hydrogens is 72.1 g/mol. The van der Waals surface area contributed by atoms with Crippen molar-refractivity contribution in [1.82, 2.24) is 0 Å². The van der Waals surface area contributed by atoms with Gasteiger partial charge in [0.1, 0.15) is 0 Å². The van der Waals surface area contributed by atoms with E-state index in [-0.39, 0.29) is 12.8 Å². The molecule has 0 heterocycles. The van der Waals surface area contributed by atoms with Gasteiger partial charge in [-0.25, -0.2) is 0 Å². The molecule has 1 rings (SSSR count). The molecule has 0 fully saturated rings. The van der Waals surface area contributed by atoms with Gasteiger partial charge in [-0.05, 0) is 25.6 Å². The molecular formula is C6H10. The van der Waals surface area contributed by atoms with Gasteiger partial charge in [0, 0.05) is 2.74 Å². The van der Waals surface area contributed by atoms with Crippen molar-refractivity contribution in [3.05, 3.63) is 12.2 Å². The lowest BCUT2D eigenvalue weighted by Crippen LogP contribution is -1.77. The maximum absolute atomic E-state index is 7.24. The van der Waals surface area contributed by atoms with Crippen LogP contribution in [0, 0.1) is 0 Å². The fraction of sp³-hybridized carbons (Fsp3) is 0.667. The second kappa shape index (κ2) is 2.01. The Labute approximate surface area is 41.7 Å². The molecule has 1 aliphatic rings. The zero-order valence-corrected chi connectivity index (χ0v) is 3.72. The first-order chi connectivity index (χ1) is 3.80. The van der Waals surface area contributed by atoms with Crippen LogP contribution in [-0.2, 0) is 0 Å². The fourth-order valence-electron chi connectivity index (χ4n) is 0.542. The lowest BCUT2D eigenvalue weighted by molar-refractivity contribution is 0.730. The van der Waals surface area contributed by atoms with Crippen LogP contribution in [0.15, 0.2) is 12.2 Å². The Balaban J connectivity index is 2.44. The zero-order valence-electron chi connectivity index (χ0n) is 5.72. The summed E-state index contributed by atoms with van der Waals surface area (Å²) in [5.74, 6) is 0. The average Bonchev–Trinajstić information content (AvgIpc) is 1.77. The quantitative estimate of drug-likeness (QED) is 0.394. The highest BCUT2D eigenvalue weighted by molar-refractivity contribution is 4.85. The highest BCUT2D eigenvalue weighted by Crippen LogP contribution is 2.07. The van der Waals surface area contributed by atoms with Gasteiger partial charge < -0.3 is 0 Å². The van der Waals surface area contributed by atoms with Crippen LogP contribution in [0.4, 0.5) is 0 Å². The molecule has 0 aromatic carbocycles. The number of rotatable bonds is 0. The van der Waals surface area contributed by atoms with Gasteiger partial charge in [-0.15, -0.1) is 0 Å². The summed E-state index contributed by atoms with van der Waals surface area (Å²) in [6.07, 6.45) is 5.19. The third-order valence-electron chi connectivity index (χ3n) is 0.878. The first-order valence-electron chi connectivity index (χ1n) is 3.45.